The fraction of sp³-hybridized carbons (Fsp3) is 0.250. The molecule has 0 aliphatic heterocycles. The summed E-state index contributed by atoms with van der Waals surface area (Å²) in [7, 11) is 0. The predicted octanol–water partition coefficient (Wildman–Crippen LogP) is 3.84. The van der Waals surface area contributed by atoms with Crippen molar-refractivity contribution < 1.29 is 0 Å². The topological polar surface area (TPSA) is 37.8 Å². The maximum atomic E-state index is 4.39. The molecular weight excluding hydrogens is 266 g/mol. The average Bonchev–Trinajstić information content (AvgIpc) is 3.14. The number of rotatable bonds is 4. The molecule has 1 aliphatic rings. The molecule has 1 N–H and O–H groups in total. The minimum Gasteiger partial charge on any atom is -0.369 e. The molecule has 0 unspecified atom stereocenters. The lowest BCUT2D eigenvalue weighted by atomic mass is 9.96. The van der Waals surface area contributed by atoms with E-state index in [1.807, 2.05) is 0 Å². The van der Waals surface area contributed by atoms with Gasteiger partial charge in [-0.25, -0.2) is 9.97 Å². The lowest BCUT2D eigenvalue weighted by Gasteiger charge is -2.17. The zero-order valence-corrected chi connectivity index (χ0v) is 11.9. The Labute approximate surface area is 121 Å². The van der Waals surface area contributed by atoms with Gasteiger partial charge in [-0.3, -0.25) is 0 Å². The molecule has 0 radical (unpaired) electrons. The summed E-state index contributed by atoms with van der Waals surface area (Å²) in [4.78, 5) is 9.72. The van der Waals surface area contributed by atoms with Gasteiger partial charge in [0.1, 0.15) is 17.0 Å². The first-order chi connectivity index (χ1) is 9.87. The number of anilines is 1. The van der Waals surface area contributed by atoms with E-state index >= 15 is 0 Å². The normalized spacial score (nSPS) is 16.2. The molecule has 1 fully saturated rings. The zero-order valence-electron chi connectivity index (χ0n) is 11.0. The smallest absolute Gasteiger partial charge is 0.138 e. The molecule has 0 spiro atoms. The molecule has 2 heterocycles. The minimum absolute atomic E-state index is 0.300. The van der Waals surface area contributed by atoms with Gasteiger partial charge in [0.2, 0.25) is 0 Å². The summed E-state index contributed by atoms with van der Waals surface area (Å²) in [5, 5.41) is 6.72. The Kier molecular flexibility index (Phi) is 2.70. The van der Waals surface area contributed by atoms with Crippen molar-refractivity contribution in [3.05, 3.63) is 53.7 Å². The van der Waals surface area contributed by atoms with E-state index in [9.17, 15) is 0 Å². The van der Waals surface area contributed by atoms with Gasteiger partial charge in [-0.15, -0.1) is 11.3 Å². The lowest BCUT2D eigenvalue weighted by molar-refractivity contribution is 0.731. The van der Waals surface area contributed by atoms with Gasteiger partial charge in [0.15, 0.2) is 0 Å². The second-order valence-corrected chi connectivity index (χ2v) is 6.26. The van der Waals surface area contributed by atoms with Crippen molar-refractivity contribution in [3.8, 4) is 0 Å². The van der Waals surface area contributed by atoms with Gasteiger partial charge in [0, 0.05) is 12.0 Å². The van der Waals surface area contributed by atoms with Crippen LogP contribution >= 0.6 is 11.3 Å². The third-order valence-corrected chi connectivity index (χ3v) is 4.92. The number of hydrogen-bond acceptors (Lipinski definition) is 4. The van der Waals surface area contributed by atoms with Crippen LogP contribution in [-0.4, -0.2) is 16.5 Å². The minimum atomic E-state index is 0.300. The SMILES string of the molecule is c1ccc(C2(CNc3ncnc4sccc34)CC2)cc1. The zero-order chi connectivity index (χ0) is 13.4. The van der Waals surface area contributed by atoms with E-state index in [-0.39, 0.29) is 0 Å². The van der Waals surface area contributed by atoms with E-state index in [4.69, 9.17) is 0 Å². The number of benzene rings is 1. The highest BCUT2D eigenvalue weighted by Gasteiger charge is 2.43. The number of thiophene rings is 1. The van der Waals surface area contributed by atoms with Crippen molar-refractivity contribution in [2.45, 2.75) is 18.3 Å². The number of nitrogens with zero attached hydrogens (tertiary/aromatic N) is 2. The van der Waals surface area contributed by atoms with Crippen LogP contribution < -0.4 is 5.32 Å². The van der Waals surface area contributed by atoms with Gasteiger partial charge in [-0.05, 0) is 29.9 Å². The Morgan fingerprint density at radius 1 is 1.10 bits per heavy atom. The highest BCUT2D eigenvalue weighted by Crippen LogP contribution is 2.48. The van der Waals surface area contributed by atoms with Crippen LogP contribution in [0.2, 0.25) is 0 Å². The summed E-state index contributed by atoms with van der Waals surface area (Å²) in [5.74, 6) is 0.957. The first-order valence-electron chi connectivity index (χ1n) is 6.85. The third-order valence-electron chi connectivity index (χ3n) is 4.10. The summed E-state index contributed by atoms with van der Waals surface area (Å²) in [6.07, 6.45) is 4.15. The van der Waals surface area contributed by atoms with Crippen molar-refractivity contribution in [2.24, 2.45) is 0 Å². The fourth-order valence-corrected chi connectivity index (χ4v) is 3.43. The molecule has 4 heteroatoms. The Balaban J connectivity index is 1.58. The molecule has 4 rings (SSSR count). The average molecular weight is 281 g/mol. The molecular formula is C16H15N3S. The molecule has 20 heavy (non-hydrogen) atoms. The highest BCUT2D eigenvalue weighted by atomic mass is 32.1. The number of aromatic nitrogens is 2. The summed E-state index contributed by atoms with van der Waals surface area (Å²) in [5.41, 5.74) is 1.73. The molecule has 0 amide bonds. The van der Waals surface area contributed by atoms with Crippen LogP contribution in [0.5, 0.6) is 0 Å². The molecule has 1 saturated carbocycles. The van der Waals surface area contributed by atoms with Crippen molar-refractivity contribution in [1.29, 1.82) is 0 Å². The second kappa shape index (κ2) is 4.56. The van der Waals surface area contributed by atoms with Crippen molar-refractivity contribution in [1.82, 2.24) is 9.97 Å². The van der Waals surface area contributed by atoms with Crippen LogP contribution in [0, 0.1) is 0 Å². The first kappa shape index (κ1) is 11.9. The van der Waals surface area contributed by atoms with Gasteiger partial charge < -0.3 is 5.32 Å². The molecule has 0 atom stereocenters. The maximum Gasteiger partial charge on any atom is 0.138 e. The van der Waals surface area contributed by atoms with Gasteiger partial charge >= 0.3 is 0 Å². The molecule has 100 valence electrons. The Morgan fingerprint density at radius 2 is 1.95 bits per heavy atom. The number of fused-ring (bicyclic) bond motifs is 1. The molecule has 1 aliphatic carbocycles. The van der Waals surface area contributed by atoms with Gasteiger partial charge in [-0.2, -0.15) is 0 Å². The Hall–Kier alpha value is -1.94. The van der Waals surface area contributed by atoms with Gasteiger partial charge in [-0.1, -0.05) is 30.3 Å². The largest absolute Gasteiger partial charge is 0.369 e. The van der Waals surface area contributed by atoms with Gasteiger partial charge in [0.05, 0.1) is 5.39 Å². The second-order valence-electron chi connectivity index (χ2n) is 5.36. The third kappa shape index (κ3) is 1.96. The van der Waals surface area contributed by atoms with Crippen molar-refractivity contribution >= 4 is 27.4 Å². The molecule has 3 nitrogen and oxygen atoms in total. The number of nitrogens with one attached hydrogen (secondary N) is 1. The molecule has 1 aromatic carbocycles. The quantitative estimate of drug-likeness (QED) is 0.789. The van der Waals surface area contributed by atoms with E-state index in [1.54, 1.807) is 17.7 Å². The van der Waals surface area contributed by atoms with Crippen LogP contribution in [0.1, 0.15) is 18.4 Å². The number of hydrogen-bond donors (Lipinski definition) is 1. The van der Waals surface area contributed by atoms with Crippen LogP contribution in [0.25, 0.3) is 10.2 Å². The molecule has 0 bridgehead atoms. The standard InChI is InChI=1S/C16H15N3S/c1-2-4-12(5-3-1)16(7-8-16)10-17-14-13-6-9-20-15(13)19-11-18-14/h1-6,9,11H,7-8,10H2,(H,17,18,19). The first-order valence-corrected chi connectivity index (χ1v) is 7.73. The van der Waals surface area contributed by atoms with E-state index in [1.165, 1.54) is 18.4 Å². The maximum absolute atomic E-state index is 4.39. The Bertz CT molecular complexity index is 732. The van der Waals surface area contributed by atoms with Crippen LogP contribution in [-0.2, 0) is 5.41 Å². The summed E-state index contributed by atoms with van der Waals surface area (Å²) < 4.78 is 0. The Morgan fingerprint density at radius 3 is 2.75 bits per heavy atom. The lowest BCUT2D eigenvalue weighted by Crippen LogP contribution is -2.20. The van der Waals surface area contributed by atoms with Gasteiger partial charge in [0.25, 0.3) is 0 Å². The van der Waals surface area contributed by atoms with E-state index in [2.05, 4.69) is 57.1 Å². The van der Waals surface area contributed by atoms with E-state index < -0.39 is 0 Å². The fourth-order valence-electron chi connectivity index (χ4n) is 2.69. The van der Waals surface area contributed by atoms with Crippen molar-refractivity contribution in [2.75, 3.05) is 11.9 Å². The van der Waals surface area contributed by atoms with Crippen molar-refractivity contribution in [3.63, 3.8) is 0 Å². The van der Waals surface area contributed by atoms with Crippen LogP contribution in [0.3, 0.4) is 0 Å². The molecule has 2 aromatic heterocycles. The predicted molar refractivity (Wildman–Crippen MR) is 83.3 cm³/mol. The summed E-state index contributed by atoms with van der Waals surface area (Å²) in [6.45, 7) is 0.943. The summed E-state index contributed by atoms with van der Waals surface area (Å²) >= 11 is 1.66. The van der Waals surface area contributed by atoms with E-state index in [0.29, 0.717) is 5.41 Å². The van der Waals surface area contributed by atoms with Crippen LogP contribution in [0.4, 0.5) is 5.82 Å². The monoisotopic (exact) mass is 281 g/mol. The highest BCUT2D eigenvalue weighted by molar-refractivity contribution is 7.16. The van der Waals surface area contributed by atoms with Crippen LogP contribution in [0.15, 0.2) is 48.1 Å². The molecule has 3 aromatic rings. The summed E-state index contributed by atoms with van der Waals surface area (Å²) in [6, 6.07) is 12.9. The molecule has 0 saturated heterocycles. The van der Waals surface area contributed by atoms with E-state index in [0.717, 1.165) is 22.6 Å².